The first-order valence-corrected chi connectivity index (χ1v) is 13.9. The van der Waals surface area contributed by atoms with Crippen molar-refractivity contribution in [1.29, 1.82) is 0 Å². The molecule has 0 saturated heterocycles. The molecule has 2 heteroatoms. The second kappa shape index (κ2) is 8.21. The van der Waals surface area contributed by atoms with Crippen molar-refractivity contribution in [2.45, 2.75) is 12.8 Å². The number of allylic oxidation sites excluding steroid dienone is 1. The molecule has 6 aromatic carbocycles. The number of hydrogen-bond acceptors (Lipinski definition) is 2. The molecule has 0 spiro atoms. The summed E-state index contributed by atoms with van der Waals surface area (Å²) in [6.45, 7) is 0. The minimum absolute atomic E-state index is 0.927. The van der Waals surface area contributed by atoms with Crippen molar-refractivity contribution in [2.75, 3.05) is 0 Å². The summed E-state index contributed by atoms with van der Waals surface area (Å²) in [5, 5.41) is 8.50. The van der Waals surface area contributed by atoms with Crippen LogP contribution in [0.1, 0.15) is 17.7 Å². The molecule has 0 amide bonds. The molecule has 0 unspecified atom stereocenters. The minimum atomic E-state index is 0.927. The lowest BCUT2D eigenvalue weighted by Gasteiger charge is -2.09. The van der Waals surface area contributed by atoms with Crippen LogP contribution in [0.3, 0.4) is 0 Å². The van der Waals surface area contributed by atoms with E-state index in [2.05, 4.69) is 109 Å². The van der Waals surface area contributed by atoms with Gasteiger partial charge in [0.05, 0.1) is 0 Å². The summed E-state index contributed by atoms with van der Waals surface area (Å²) in [4.78, 5) is 0. The Labute approximate surface area is 230 Å². The lowest BCUT2D eigenvalue weighted by molar-refractivity contribution is 0.546. The van der Waals surface area contributed by atoms with Crippen molar-refractivity contribution in [3.05, 3.63) is 127 Å². The normalized spacial score (nSPS) is 13.2. The largest absolute Gasteiger partial charge is 0.460 e. The van der Waals surface area contributed by atoms with Gasteiger partial charge >= 0.3 is 0 Å². The Morgan fingerprint density at radius 2 is 1.05 bits per heavy atom. The third-order valence-corrected chi connectivity index (χ3v) is 8.46. The summed E-state index contributed by atoms with van der Waals surface area (Å²) < 4.78 is 12.2. The standard InChI is InChI=1S/C38H24O2/c1-3-7-35-31(5-1)33-21-27(13-15-37(33)39-35)23-9-11-25-20-30-18-24(10-12-26(30)19-29(25)17-23)28-14-16-38-34(22-28)32-6-2-4-8-36(32)40-38/h1-3,5-7,9-22H,4,8H2. The molecule has 0 fully saturated rings. The van der Waals surface area contributed by atoms with Crippen molar-refractivity contribution in [1.82, 2.24) is 0 Å². The smallest absolute Gasteiger partial charge is 0.135 e. The van der Waals surface area contributed by atoms with E-state index in [1.807, 2.05) is 12.1 Å². The zero-order valence-electron chi connectivity index (χ0n) is 21.8. The number of hydrogen-bond donors (Lipinski definition) is 0. The van der Waals surface area contributed by atoms with Gasteiger partial charge in [-0.15, -0.1) is 0 Å². The predicted molar refractivity (Wildman–Crippen MR) is 167 cm³/mol. The number of fused-ring (bicyclic) bond motifs is 8. The van der Waals surface area contributed by atoms with Gasteiger partial charge in [-0.25, -0.2) is 0 Å². The molecule has 0 radical (unpaired) electrons. The molecule has 1 aliphatic rings. The Hall–Kier alpha value is -5.08. The number of para-hydroxylation sites is 1. The van der Waals surface area contributed by atoms with Crippen LogP contribution in [0, 0.1) is 0 Å². The fourth-order valence-corrected chi connectivity index (χ4v) is 6.39. The average Bonchev–Trinajstić information content (AvgIpc) is 3.57. The van der Waals surface area contributed by atoms with Crippen LogP contribution in [-0.2, 0) is 6.42 Å². The summed E-state index contributed by atoms with van der Waals surface area (Å²) in [5.74, 6) is 1.11. The van der Waals surface area contributed by atoms with E-state index in [0.29, 0.717) is 0 Å². The van der Waals surface area contributed by atoms with Crippen molar-refractivity contribution >= 4 is 60.5 Å². The first-order valence-electron chi connectivity index (χ1n) is 13.9. The summed E-state index contributed by atoms with van der Waals surface area (Å²) in [6.07, 6.45) is 6.49. The Balaban J connectivity index is 1.12. The second-order valence-corrected chi connectivity index (χ2v) is 10.9. The highest BCUT2D eigenvalue weighted by molar-refractivity contribution is 6.07. The lowest BCUT2D eigenvalue weighted by Crippen LogP contribution is -1.88. The van der Waals surface area contributed by atoms with E-state index in [0.717, 1.165) is 46.1 Å². The number of benzene rings is 6. The fourth-order valence-electron chi connectivity index (χ4n) is 6.39. The van der Waals surface area contributed by atoms with E-state index >= 15 is 0 Å². The van der Waals surface area contributed by atoms with E-state index in [1.165, 1.54) is 54.7 Å². The third kappa shape index (κ3) is 3.29. The Morgan fingerprint density at radius 3 is 1.80 bits per heavy atom. The van der Waals surface area contributed by atoms with Crippen molar-refractivity contribution < 1.29 is 8.83 Å². The predicted octanol–water partition coefficient (Wildman–Crippen LogP) is 10.9. The molecule has 40 heavy (non-hydrogen) atoms. The van der Waals surface area contributed by atoms with Gasteiger partial charge in [0.1, 0.15) is 22.5 Å². The second-order valence-electron chi connectivity index (χ2n) is 10.9. The van der Waals surface area contributed by atoms with Crippen LogP contribution in [-0.4, -0.2) is 0 Å². The quantitative estimate of drug-likeness (QED) is 0.215. The SMILES string of the molecule is C1=Cc2c(oc3ccc(-c4ccc5cc6cc(-c7ccc8oc9ccccc9c8c7)ccc6cc5c4)cc23)CC1. The molecule has 188 valence electrons. The molecule has 9 rings (SSSR count). The van der Waals surface area contributed by atoms with Gasteiger partial charge in [0.2, 0.25) is 0 Å². The highest BCUT2D eigenvalue weighted by atomic mass is 16.3. The number of furan rings is 2. The van der Waals surface area contributed by atoms with Crippen LogP contribution >= 0.6 is 0 Å². The van der Waals surface area contributed by atoms with Crippen LogP contribution in [0.25, 0.3) is 82.8 Å². The van der Waals surface area contributed by atoms with E-state index in [4.69, 9.17) is 8.83 Å². The van der Waals surface area contributed by atoms with Crippen LogP contribution in [0.4, 0.5) is 0 Å². The monoisotopic (exact) mass is 512 g/mol. The summed E-state index contributed by atoms with van der Waals surface area (Å²) >= 11 is 0. The van der Waals surface area contributed by atoms with Gasteiger partial charge in [-0.05, 0) is 105 Å². The van der Waals surface area contributed by atoms with Gasteiger partial charge in [0, 0.05) is 28.1 Å². The summed E-state index contributed by atoms with van der Waals surface area (Å²) in [6, 6.07) is 39.5. The van der Waals surface area contributed by atoms with Crippen LogP contribution < -0.4 is 0 Å². The Bertz CT molecular complexity index is 2330. The fraction of sp³-hybridized carbons (Fsp3) is 0.0526. The number of aryl methyl sites for hydroxylation is 1. The van der Waals surface area contributed by atoms with Gasteiger partial charge in [0.25, 0.3) is 0 Å². The maximum Gasteiger partial charge on any atom is 0.135 e. The molecule has 0 atom stereocenters. The van der Waals surface area contributed by atoms with Gasteiger partial charge in [-0.2, -0.15) is 0 Å². The first kappa shape index (κ1) is 21.8. The molecule has 0 saturated carbocycles. The number of rotatable bonds is 2. The summed E-state index contributed by atoms with van der Waals surface area (Å²) in [5.41, 5.74) is 8.92. The molecule has 0 aliphatic heterocycles. The van der Waals surface area contributed by atoms with Crippen LogP contribution in [0.15, 0.2) is 124 Å². The van der Waals surface area contributed by atoms with E-state index in [9.17, 15) is 0 Å². The Morgan fingerprint density at radius 1 is 0.450 bits per heavy atom. The molecule has 2 heterocycles. The van der Waals surface area contributed by atoms with E-state index in [-0.39, 0.29) is 0 Å². The van der Waals surface area contributed by atoms with Gasteiger partial charge in [-0.3, -0.25) is 0 Å². The zero-order chi connectivity index (χ0) is 26.2. The highest BCUT2D eigenvalue weighted by Crippen LogP contribution is 2.37. The topological polar surface area (TPSA) is 26.3 Å². The molecular formula is C38H24O2. The van der Waals surface area contributed by atoms with Crippen LogP contribution in [0.5, 0.6) is 0 Å². The molecular weight excluding hydrogens is 488 g/mol. The molecule has 2 aromatic heterocycles. The Kier molecular flexibility index (Phi) is 4.48. The van der Waals surface area contributed by atoms with Gasteiger partial charge in [-0.1, -0.05) is 66.7 Å². The molecule has 2 nitrogen and oxygen atoms in total. The maximum absolute atomic E-state index is 6.12. The molecule has 1 aliphatic carbocycles. The van der Waals surface area contributed by atoms with Crippen LogP contribution in [0.2, 0.25) is 0 Å². The van der Waals surface area contributed by atoms with Crippen molar-refractivity contribution in [2.24, 2.45) is 0 Å². The van der Waals surface area contributed by atoms with E-state index < -0.39 is 0 Å². The van der Waals surface area contributed by atoms with Gasteiger partial charge < -0.3 is 8.83 Å². The van der Waals surface area contributed by atoms with Crippen molar-refractivity contribution in [3.8, 4) is 22.3 Å². The molecule has 0 N–H and O–H groups in total. The average molecular weight is 513 g/mol. The summed E-state index contributed by atoms with van der Waals surface area (Å²) in [7, 11) is 0. The maximum atomic E-state index is 6.12. The zero-order valence-corrected chi connectivity index (χ0v) is 21.8. The molecule has 0 bridgehead atoms. The minimum Gasteiger partial charge on any atom is -0.460 e. The lowest BCUT2D eigenvalue weighted by atomic mass is 9.95. The van der Waals surface area contributed by atoms with Gasteiger partial charge in [0.15, 0.2) is 0 Å². The first-order chi connectivity index (χ1) is 19.8. The highest BCUT2D eigenvalue weighted by Gasteiger charge is 2.15. The molecule has 8 aromatic rings. The van der Waals surface area contributed by atoms with Crippen molar-refractivity contribution in [3.63, 3.8) is 0 Å². The van der Waals surface area contributed by atoms with E-state index in [1.54, 1.807) is 0 Å². The third-order valence-electron chi connectivity index (χ3n) is 8.46.